The summed E-state index contributed by atoms with van der Waals surface area (Å²) in [5.41, 5.74) is 0.522. The Hall–Kier alpha value is -2.37. The molecule has 0 aliphatic carbocycles. The van der Waals surface area contributed by atoms with Crippen molar-refractivity contribution in [1.29, 1.82) is 0 Å². The molecule has 1 saturated heterocycles. The lowest BCUT2D eigenvalue weighted by molar-refractivity contribution is -0.192. The zero-order valence-electron chi connectivity index (χ0n) is 17.0. The van der Waals surface area contributed by atoms with E-state index in [0.29, 0.717) is 36.7 Å². The number of methoxy groups -OCH3 is 1. The number of carbonyl (C=O) groups excluding carboxylic acids is 2. The lowest BCUT2D eigenvalue weighted by Gasteiger charge is -2.29. The highest BCUT2D eigenvalue weighted by Crippen LogP contribution is 2.14. The summed E-state index contributed by atoms with van der Waals surface area (Å²) in [6.07, 6.45) is -4.77. The van der Waals surface area contributed by atoms with Crippen molar-refractivity contribution in [3.63, 3.8) is 0 Å². The second-order valence-corrected chi connectivity index (χ2v) is 6.92. The predicted octanol–water partition coefficient (Wildman–Crippen LogP) is 1.88. The van der Waals surface area contributed by atoms with Crippen LogP contribution < -0.4 is 5.32 Å². The lowest BCUT2D eigenvalue weighted by atomic mass is 10.2. The van der Waals surface area contributed by atoms with Crippen LogP contribution >= 0.6 is 11.6 Å². The van der Waals surface area contributed by atoms with Crippen LogP contribution in [0, 0.1) is 0 Å². The number of amides is 2. The minimum absolute atomic E-state index is 0.0813. The fourth-order valence-electron chi connectivity index (χ4n) is 2.62. The van der Waals surface area contributed by atoms with Gasteiger partial charge in [0.2, 0.25) is 5.91 Å². The van der Waals surface area contributed by atoms with Crippen LogP contribution in [0.3, 0.4) is 0 Å². The van der Waals surface area contributed by atoms with Gasteiger partial charge >= 0.3 is 12.1 Å². The third-order valence-corrected chi connectivity index (χ3v) is 4.47. The molecule has 2 amide bonds. The molecule has 31 heavy (non-hydrogen) atoms. The molecule has 1 aromatic rings. The maximum Gasteiger partial charge on any atom is 0.490 e. The Kier molecular flexibility index (Phi) is 11.3. The van der Waals surface area contributed by atoms with Crippen molar-refractivity contribution in [3.05, 3.63) is 34.9 Å². The Labute approximate surface area is 182 Å². The number of carboxylic acid groups (broad SMARTS) is 1. The number of ether oxygens (including phenoxy) is 1. The van der Waals surface area contributed by atoms with Gasteiger partial charge in [0.05, 0.1) is 6.61 Å². The third-order valence-electron chi connectivity index (χ3n) is 4.23. The number of halogens is 4. The molecular formula is C19H25ClF3N3O5. The van der Waals surface area contributed by atoms with E-state index < -0.39 is 12.1 Å². The van der Waals surface area contributed by atoms with Gasteiger partial charge in [0, 0.05) is 63.4 Å². The molecule has 0 spiro atoms. The third kappa shape index (κ3) is 9.99. The Morgan fingerprint density at radius 3 is 2.35 bits per heavy atom. The van der Waals surface area contributed by atoms with Crippen LogP contribution in [-0.4, -0.2) is 91.9 Å². The molecule has 0 unspecified atom stereocenters. The van der Waals surface area contributed by atoms with Crippen LogP contribution in [0.2, 0.25) is 5.02 Å². The van der Waals surface area contributed by atoms with Crippen LogP contribution in [-0.2, 0) is 14.3 Å². The number of alkyl halides is 3. The molecule has 1 aliphatic heterocycles. The Balaban J connectivity index is 0.000000592. The fraction of sp³-hybridized carbons (Fsp3) is 0.526. The zero-order chi connectivity index (χ0) is 23.4. The molecule has 0 bridgehead atoms. The van der Waals surface area contributed by atoms with E-state index in [1.54, 1.807) is 36.3 Å². The minimum Gasteiger partial charge on any atom is -0.475 e. The average Bonchev–Trinajstić information content (AvgIpc) is 2.73. The number of aliphatic carboxylic acids is 1. The second-order valence-electron chi connectivity index (χ2n) is 6.48. The minimum atomic E-state index is -5.08. The first kappa shape index (κ1) is 26.7. The molecule has 1 heterocycles. The number of nitrogens with zero attached hydrogens (tertiary/aromatic N) is 2. The summed E-state index contributed by atoms with van der Waals surface area (Å²) in [4.78, 5) is 37.4. The molecule has 2 rings (SSSR count). The summed E-state index contributed by atoms with van der Waals surface area (Å²) >= 11 is 5.96. The number of hydrogen-bond donors (Lipinski definition) is 2. The normalized spacial score (nSPS) is 13.8. The highest BCUT2D eigenvalue weighted by Gasteiger charge is 2.38. The SMILES string of the molecule is COCCN(CCC(=O)N1CCNCC1)C(=O)c1cccc(Cl)c1.O=C(O)C(F)(F)F. The Morgan fingerprint density at radius 2 is 1.84 bits per heavy atom. The molecule has 1 fully saturated rings. The Bertz CT molecular complexity index is 743. The van der Waals surface area contributed by atoms with Crippen molar-refractivity contribution in [2.75, 3.05) is 53.0 Å². The van der Waals surface area contributed by atoms with E-state index in [4.69, 9.17) is 26.2 Å². The van der Waals surface area contributed by atoms with Crippen molar-refractivity contribution in [1.82, 2.24) is 15.1 Å². The van der Waals surface area contributed by atoms with Gasteiger partial charge in [-0.3, -0.25) is 9.59 Å². The maximum absolute atomic E-state index is 12.7. The maximum atomic E-state index is 12.7. The molecule has 0 aromatic heterocycles. The van der Waals surface area contributed by atoms with Crippen molar-refractivity contribution in [2.24, 2.45) is 0 Å². The molecule has 0 saturated carbocycles. The van der Waals surface area contributed by atoms with Crippen LogP contribution in [0.1, 0.15) is 16.8 Å². The number of carboxylic acids is 1. The van der Waals surface area contributed by atoms with Gasteiger partial charge in [-0.2, -0.15) is 13.2 Å². The highest BCUT2D eigenvalue weighted by molar-refractivity contribution is 6.30. The number of rotatable bonds is 7. The molecule has 8 nitrogen and oxygen atoms in total. The summed E-state index contributed by atoms with van der Waals surface area (Å²) in [6, 6.07) is 6.84. The Morgan fingerprint density at radius 1 is 1.23 bits per heavy atom. The van der Waals surface area contributed by atoms with E-state index >= 15 is 0 Å². The van der Waals surface area contributed by atoms with Crippen molar-refractivity contribution < 1.29 is 37.4 Å². The smallest absolute Gasteiger partial charge is 0.475 e. The first-order valence-corrected chi connectivity index (χ1v) is 9.76. The van der Waals surface area contributed by atoms with E-state index in [2.05, 4.69) is 5.32 Å². The first-order chi connectivity index (χ1) is 14.6. The molecule has 0 atom stereocenters. The standard InChI is InChI=1S/C17H24ClN3O3.C2HF3O2/c1-24-12-11-21(17(23)14-3-2-4-15(18)13-14)8-5-16(22)20-9-6-19-7-10-20;3-2(4,5)1(6)7/h2-4,13,19H,5-12H2,1H3;(H,6,7). The topological polar surface area (TPSA) is 99.2 Å². The van der Waals surface area contributed by atoms with Gasteiger partial charge < -0.3 is 25.0 Å². The predicted molar refractivity (Wildman–Crippen MR) is 107 cm³/mol. The molecule has 1 aliphatic rings. The largest absolute Gasteiger partial charge is 0.490 e. The van der Waals surface area contributed by atoms with Gasteiger partial charge in [-0.15, -0.1) is 0 Å². The van der Waals surface area contributed by atoms with E-state index in [-0.39, 0.29) is 11.8 Å². The van der Waals surface area contributed by atoms with Gasteiger partial charge in [-0.25, -0.2) is 4.79 Å². The summed E-state index contributed by atoms with van der Waals surface area (Å²) in [7, 11) is 1.59. The van der Waals surface area contributed by atoms with E-state index in [1.165, 1.54) is 0 Å². The first-order valence-electron chi connectivity index (χ1n) is 9.38. The van der Waals surface area contributed by atoms with Gasteiger partial charge in [0.15, 0.2) is 0 Å². The molecule has 174 valence electrons. The quantitative estimate of drug-likeness (QED) is 0.635. The number of hydrogen-bond acceptors (Lipinski definition) is 5. The second kappa shape index (κ2) is 13.1. The van der Waals surface area contributed by atoms with Crippen molar-refractivity contribution >= 4 is 29.4 Å². The van der Waals surface area contributed by atoms with Gasteiger partial charge in [0.25, 0.3) is 5.91 Å². The molecular weight excluding hydrogens is 443 g/mol. The average molecular weight is 468 g/mol. The molecule has 12 heteroatoms. The van der Waals surface area contributed by atoms with Crippen LogP contribution in [0.5, 0.6) is 0 Å². The molecule has 1 aromatic carbocycles. The number of piperazine rings is 1. The highest BCUT2D eigenvalue weighted by atomic mass is 35.5. The van der Waals surface area contributed by atoms with Gasteiger partial charge in [-0.05, 0) is 18.2 Å². The van der Waals surface area contributed by atoms with Crippen molar-refractivity contribution in [2.45, 2.75) is 12.6 Å². The van der Waals surface area contributed by atoms with E-state index in [9.17, 15) is 22.8 Å². The van der Waals surface area contributed by atoms with Gasteiger partial charge in [-0.1, -0.05) is 17.7 Å². The number of benzene rings is 1. The van der Waals surface area contributed by atoms with Gasteiger partial charge in [0.1, 0.15) is 0 Å². The lowest BCUT2D eigenvalue weighted by Crippen LogP contribution is -2.47. The van der Waals surface area contributed by atoms with Crippen LogP contribution in [0.25, 0.3) is 0 Å². The summed E-state index contributed by atoms with van der Waals surface area (Å²) in [5.74, 6) is -2.81. The fourth-order valence-corrected chi connectivity index (χ4v) is 2.81. The molecule has 0 radical (unpaired) electrons. The monoisotopic (exact) mass is 467 g/mol. The van der Waals surface area contributed by atoms with E-state index in [0.717, 1.165) is 26.2 Å². The molecule has 2 N–H and O–H groups in total. The summed E-state index contributed by atoms with van der Waals surface area (Å²) in [5, 5.41) is 10.9. The van der Waals surface area contributed by atoms with E-state index in [1.807, 2.05) is 4.90 Å². The van der Waals surface area contributed by atoms with Crippen LogP contribution in [0.15, 0.2) is 24.3 Å². The zero-order valence-corrected chi connectivity index (χ0v) is 17.7. The summed E-state index contributed by atoms with van der Waals surface area (Å²) in [6.45, 7) is 4.32. The van der Waals surface area contributed by atoms with Crippen LogP contribution in [0.4, 0.5) is 13.2 Å². The number of carbonyl (C=O) groups is 3. The number of nitrogens with one attached hydrogen (secondary N) is 1. The van der Waals surface area contributed by atoms with Crippen molar-refractivity contribution in [3.8, 4) is 0 Å². The summed E-state index contributed by atoms with van der Waals surface area (Å²) < 4.78 is 36.8.